The van der Waals surface area contributed by atoms with Gasteiger partial charge in [-0.05, 0) is 65.8 Å². The number of hydrogen-bond acceptors (Lipinski definition) is 4. The molecule has 1 aliphatic rings. The number of hydrogen-bond donors (Lipinski definition) is 0. The van der Waals surface area contributed by atoms with Gasteiger partial charge in [-0.2, -0.15) is 4.98 Å². The minimum Gasteiger partial charge on any atom is -0.473 e. The Bertz CT molecular complexity index is 1640. The van der Waals surface area contributed by atoms with Gasteiger partial charge >= 0.3 is 0 Å². The zero-order valence-corrected chi connectivity index (χ0v) is 24.3. The molecule has 2 heterocycles. The van der Waals surface area contributed by atoms with Crippen LogP contribution in [0, 0.1) is 11.6 Å². The van der Waals surface area contributed by atoms with Crippen molar-refractivity contribution in [1.29, 1.82) is 0 Å². The van der Waals surface area contributed by atoms with Crippen molar-refractivity contribution in [1.82, 2.24) is 4.98 Å². The zero-order chi connectivity index (χ0) is 29.6. The molecule has 4 nitrogen and oxygen atoms in total. The maximum atomic E-state index is 15.8. The van der Waals surface area contributed by atoms with Crippen LogP contribution in [0.2, 0.25) is 5.02 Å². The average Bonchev–Trinajstić information content (AvgIpc) is 3.04. The predicted octanol–water partition coefficient (Wildman–Crippen LogP) is 9.22. The molecule has 1 fully saturated rings. The lowest BCUT2D eigenvalue weighted by atomic mass is 9.89. The molecule has 0 atom stereocenters. The van der Waals surface area contributed by atoms with Crippen LogP contribution in [0.1, 0.15) is 35.4 Å². The summed E-state index contributed by atoms with van der Waals surface area (Å²) in [5, 5.41) is 0.713. The first-order valence-corrected chi connectivity index (χ1v) is 14.8. The van der Waals surface area contributed by atoms with Crippen LogP contribution in [0.3, 0.4) is 0 Å². The van der Waals surface area contributed by atoms with Gasteiger partial charge in [0.2, 0.25) is 11.8 Å². The van der Waals surface area contributed by atoms with Crippen molar-refractivity contribution in [2.24, 2.45) is 0 Å². The molecule has 6 rings (SSSR count). The van der Waals surface area contributed by atoms with Crippen molar-refractivity contribution >= 4 is 17.3 Å². The lowest BCUT2D eigenvalue weighted by Gasteiger charge is -2.34. The highest BCUT2D eigenvalue weighted by Gasteiger charge is 2.25. The Kier molecular flexibility index (Phi) is 8.85. The van der Waals surface area contributed by atoms with Crippen LogP contribution in [0.25, 0.3) is 11.1 Å². The first-order chi connectivity index (χ1) is 21.0. The van der Waals surface area contributed by atoms with Crippen LogP contribution in [0.4, 0.5) is 14.5 Å². The summed E-state index contributed by atoms with van der Waals surface area (Å²) in [6.45, 7) is 1.89. The summed E-state index contributed by atoms with van der Waals surface area (Å²) in [4.78, 5) is 6.56. The average molecular weight is 597 g/mol. The van der Waals surface area contributed by atoms with Crippen LogP contribution in [0.5, 0.6) is 11.8 Å². The lowest BCUT2D eigenvalue weighted by Crippen LogP contribution is -2.33. The van der Waals surface area contributed by atoms with Gasteiger partial charge in [0.15, 0.2) is 0 Å². The third-order valence-corrected chi connectivity index (χ3v) is 8.03. The predicted molar refractivity (Wildman–Crippen MR) is 167 cm³/mol. The summed E-state index contributed by atoms with van der Waals surface area (Å²) in [5.41, 5.74) is 3.70. The highest BCUT2D eigenvalue weighted by atomic mass is 35.5. The Hall–Kier alpha value is -4.42. The molecule has 1 aromatic heterocycles. The second-order valence-corrected chi connectivity index (χ2v) is 11.1. The fraction of sp³-hybridized carbons (Fsp3) is 0.194. The Labute approximate surface area is 255 Å². The summed E-state index contributed by atoms with van der Waals surface area (Å²) < 4.78 is 43.4. The third-order valence-electron chi connectivity index (χ3n) is 7.78. The van der Waals surface area contributed by atoms with Gasteiger partial charge in [-0.25, -0.2) is 8.78 Å². The summed E-state index contributed by atoms with van der Waals surface area (Å²) in [7, 11) is 0. The highest BCUT2D eigenvalue weighted by Crippen LogP contribution is 2.38. The number of rotatable bonds is 9. The summed E-state index contributed by atoms with van der Waals surface area (Å²) in [5.74, 6) is -0.542. The fourth-order valence-corrected chi connectivity index (χ4v) is 5.59. The van der Waals surface area contributed by atoms with E-state index in [0.29, 0.717) is 42.2 Å². The van der Waals surface area contributed by atoms with Gasteiger partial charge in [0.25, 0.3) is 0 Å². The molecule has 0 amide bonds. The molecular formula is C36H31ClF2N2O2. The topological polar surface area (TPSA) is 34.6 Å². The normalized spacial score (nSPS) is 13.6. The second kappa shape index (κ2) is 13.3. The molecule has 1 aliphatic heterocycles. The molecule has 0 unspecified atom stereocenters. The standard InChI is InChI=1S/C36H31ClF2N2O2/c37-29-13-11-27(12-14-29)28-17-19-41(20-18-28)30-21-32(38)35(33(39)22-30)31-15-16-34(42-23-25-7-3-1-4-8-25)40-36(31)43-24-26-9-5-2-6-10-26/h1-16,21-22,28H,17-20,23-24H2. The number of pyridine rings is 1. The molecule has 5 aromatic rings. The number of anilines is 1. The quantitative estimate of drug-likeness (QED) is 0.170. The first kappa shape index (κ1) is 28.7. The van der Waals surface area contributed by atoms with Crippen LogP contribution >= 0.6 is 11.6 Å². The number of nitrogens with zero attached hydrogens (tertiary/aromatic N) is 2. The van der Waals surface area contributed by atoms with Gasteiger partial charge in [-0.1, -0.05) is 84.4 Å². The van der Waals surface area contributed by atoms with E-state index >= 15 is 8.78 Å². The van der Waals surface area contributed by atoms with Crippen molar-refractivity contribution in [3.8, 4) is 22.9 Å². The molecular weight excluding hydrogens is 566 g/mol. The molecule has 0 bridgehead atoms. The van der Waals surface area contributed by atoms with Gasteiger partial charge < -0.3 is 14.4 Å². The van der Waals surface area contributed by atoms with E-state index in [9.17, 15) is 0 Å². The number of aromatic nitrogens is 1. The van der Waals surface area contributed by atoms with E-state index < -0.39 is 11.6 Å². The van der Waals surface area contributed by atoms with E-state index in [1.807, 2.05) is 77.7 Å². The van der Waals surface area contributed by atoms with Crippen molar-refractivity contribution < 1.29 is 18.3 Å². The number of halogens is 3. The van der Waals surface area contributed by atoms with E-state index in [4.69, 9.17) is 21.1 Å². The fourth-order valence-electron chi connectivity index (χ4n) is 5.47. The van der Waals surface area contributed by atoms with E-state index in [-0.39, 0.29) is 23.6 Å². The van der Waals surface area contributed by atoms with E-state index in [1.165, 1.54) is 17.7 Å². The van der Waals surface area contributed by atoms with E-state index in [1.54, 1.807) is 12.1 Å². The van der Waals surface area contributed by atoms with E-state index in [2.05, 4.69) is 17.1 Å². The Balaban J connectivity index is 1.23. The van der Waals surface area contributed by atoms with Crippen molar-refractivity contribution in [3.63, 3.8) is 0 Å². The minimum atomic E-state index is -0.667. The molecule has 218 valence electrons. The Morgan fingerprint density at radius 2 is 1.30 bits per heavy atom. The lowest BCUT2D eigenvalue weighted by molar-refractivity contribution is 0.268. The molecule has 7 heteroatoms. The van der Waals surface area contributed by atoms with Crippen LogP contribution in [0.15, 0.2) is 109 Å². The van der Waals surface area contributed by atoms with Gasteiger partial charge in [0.05, 0.1) is 11.1 Å². The maximum Gasteiger partial charge on any atom is 0.225 e. The van der Waals surface area contributed by atoms with Crippen molar-refractivity contribution in [2.45, 2.75) is 32.0 Å². The summed E-state index contributed by atoms with van der Waals surface area (Å²) in [6, 6.07) is 33.2. The van der Waals surface area contributed by atoms with Crippen molar-refractivity contribution in [3.05, 3.63) is 143 Å². The molecule has 4 aromatic carbocycles. The number of benzene rings is 4. The van der Waals surface area contributed by atoms with Gasteiger partial charge in [0.1, 0.15) is 24.8 Å². The molecule has 0 radical (unpaired) electrons. The first-order valence-electron chi connectivity index (χ1n) is 14.4. The molecule has 0 N–H and O–H groups in total. The maximum absolute atomic E-state index is 15.8. The SMILES string of the molecule is Fc1cc(N2CCC(c3ccc(Cl)cc3)CC2)cc(F)c1-c1ccc(OCc2ccccc2)nc1OCc1ccccc1. The number of piperidine rings is 1. The summed E-state index contributed by atoms with van der Waals surface area (Å²) >= 11 is 6.04. The monoisotopic (exact) mass is 596 g/mol. The molecule has 43 heavy (non-hydrogen) atoms. The van der Waals surface area contributed by atoms with Crippen molar-refractivity contribution in [2.75, 3.05) is 18.0 Å². The second-order valence-electron chi connectivity index (χ2n) is 10.6. The van der Waals surface area contributed by atoms with Crippen LogP contribution in [-0.4, -0.2) is 18.1 Å². The highest BCUT2D eigenvalue weighted by molar-refractivity contribution is 6.30. The Morgan fingerprint density at radius 1 is 0.721 bits per heavy atom. The van der Waals surface area contributed by atoms with Gasteiger partial charge in [0, 0.05) is 29.9 Å². The number of ether oxygens (including phenoxy) is 2. The van der Waals surface area contributed by atoms with Gasteiger partial charge in [-0.3, -0.25) is 0 Å². The molecule has 1 saturated heterocycles. The molecule has 0 saturated carbocycles. The van der Waals surface area contributed by atoms with Crippen LogP contribution in [-0.2, 0) is 13.2 Å². The smallest absolute Gasteiger partial charge is 0.225 e. The van der Waals surface area contributed by atoms with Gasteiger partial charge in [-0.15, -0.1) is 0 Å². The zero-order valence-electron chi connectivity index (χ0n) is 23.6. The largest absolute Gasteiger partial charge is 0.473 e. The Morgan fingerprint density at radius 3 is 1.91 bits per heavy atom. The molecule has 0 spiro atoms. The summed E-state index contributed by atoms with van der Waals surface area (Å²) in [6.07, 6.45) is 1.77. The molecule has 0 aliphatic carbocycles. The van der Waals surface area contributed by atoms with Crippen LogP contribution < -0.4 is 14.4 Å². The van der Waals surface area contributed by atoms with E-state index in [0.717, 1.165) is 24.0 Å². The third kappa shape index (κ3) is 6.98. The minimum absolute atomic E-state index is 0.101.